The highest BCUT2D eigenvalue weighted by Gasteiger charge is 2.00. The molecule has 0 aliphatic heterocycles. The van der Waals surface area contributed by atoms with Crippen molar-refractivity contribution in [1.82, 2.24) is 10.2 Å². The third-order valence-electron chi connectivity index (χ3n) is 3.71. The molecule has 0 fully saturated rings. The van der Waals surface area contributed by atoms with Gasteiger partial charge in [0.05, 0.1) is 0 Å². The van der Waals surface area contributed by atoms with Gasteiger partial charge in [-0.3, -0.25) is 0 Å². The smallest absolute Gasteiger partial charge is 0.122 e. The predicted octanol–water partition coefficient (Wildman–Crippen LogP) is 4.60. The van der Waals surface area contributed by atoms with E-state index in [0.717, 1.165) is 38.5 Å². The molecule has 1 aromatic carbocycles. The first kappa shape index (κ1) is 23.2. The number of hydrogen-bond donors (Lipinski definition) is 1. The van der Waals surface area contributed by atoms with Crippen LogP contribution < -0.4 is 10.1 Å². The van der Waals surface area contributed by atoms with E-state index in [1.807, 2.05) is 0 Å². The van der Waals surface area contributed by atoms with Crippen LogP contribution in [0.2, 0.25) is 0 Å². The largest absolute Gasteiger partial charge is 0.488 e. The van der Waals surface area contributed by atoms with Crippen molar-refractivity contribution in [1.29, 1.82) is 0 Å². The van der Waals surface area contributed by atoms with Crippen molar-refractivity contribution in [3.05, 3.63) is 52.2 Å². The highest BCUT2D eigenvalue weighted by Crippen LogP contribution is 2.16. The van der Waals surface area contributed by atoms with Crippen LogP contribution in [0.3, 0.4) is 0 Å². The number of nitrogens with zero attached hydrogens (tertiary/aromatic N) is 1. The Morgan fingerprint density at radius 1 is 1.04 bits per heavy atom. The SMILES string of the molecule is CCN(CC)CCNCc1ccc(OCc2cccs2)cc1.Cl.Cl. The van der Waals surface area contributed by atoms with Crippen molar-refractivity contribution in [3.63, 3.8) is 0 Å². The van der Waals surface area contributed by atoms with Crippen molar-refractivity contribution in [2.45, 2.75) is 27.0 Å². The van der Waals surface area contributed by atoms with E-state index in [1.54, 1.807) is 11.3 Å². The fourth-order valence-corrected chi connectivity index (χ4v) is 2.88. The highest BCUT2D eigenvalue weighted by molar-refractivity contribution is 7.09. The molecule has 136 valence electrons. The second-order valence-electron chi connectivity index (χ2n) is 5.22. The molecule has 0 atom stereocenters. The van der Waals surface area contributed by atoms with Gasteiger partial charge in [0.2, 0.25) is 0 Å². The molecule has 0 radical (unpaired) electrons. The molecule has 0 spiro atoms. The summed E-state index contributed by atoms with van der Waals surface area (Å²) < 4.78 is 5.77. The maximum absolute atomic E-state index is 5.77. The minimum atomic E-state index is 0. The summed E-state index contributed by atoms with van der Waals surface area (Å²) in [6.45, 7) is 10.3. The Kier molecular flexibility index (Phi) is 13.1. The van der Waals surface area contributed by atoms with Crippen molar-refractivity contribution in [3.8, 4) is 5.75 Å². The van der Waals surface area contributed by atoms with Gasteiger partial charge in [-0.1, -0.05) is 32.0 Å². The minimum Gasteiger partial charge on any atom is -0.488 e. The van der Waals surface area contributed by atoms with E-state index in [1.165, 1.54) is 10.4 Å². The van der Waals surface area contributed by atoms with Crippen LogP contribution in [0.4, 0.5) is 0 Å². The van der Waals surface area contributed by atoms with Gasteiger partial charge in [0.25, 0.3) is 0 Å². The molecule has 2 aromatic rings. The Hall–Kier alpha value is -0.780. The first-order valence-corrected chi connectivity index (χ1v) is 8.87. The fraction of sp³-hybridized carbons (Fsp3) is 0.444. The summed E-state index contributed by atoms with van der Waals surface area (Å²) in [5, 5.41) is 5.57. The second kappa shape index (κ2) is 13.5. The topological polar surface area (TPSA) is 24.5 Å². The molecule has 0 bridgehead atoms. The molecule has 24 heavy (non-hydrogen) atoms. The van der Waals surface area contributed by atoms with Crippen molar-refractivity contribution >= 4 is 36.2 Å². The van der Waals surface area contributed by atoms with Gasteiger partial charge >= 0.3 is 0 Å². The molecular weight excluding hydrogens is 363 g/mol. The van der Waals surface area contributed by atoms with E-state index in [9.17, 15) is 0 Å². The third-order valence-corrected chi connectivity index (χ3v) is 4.56. The molecule has 1 aromatic heterocycles. The number of nitrogens with one attached hydrogen (secondary N) is 1. The molecule has 2 rings (SSSR count). The summed E-state index contributed by atoms with van der Waals surface area (Å²) in [6.07, 6.45) is 0. The van der Waals surface area contributed by atoms with Crippen LogP contribution >= 0.6 is 36.2 Å². The summed E-state index contributed by atoms with van der Waals surface area (Å²) in [4.78, 5) is 3.68. The third kappa shape index (κ3) is 8.36. The van der Waals surface area contributed by atoms with Gasteiger partial charge in [0.1, 0.15) is 12.4 Å². The van der Waals surface area contributed by atoms with Crippen LogP contribution in [0.25, 0.3) is 0 Å². The summed E-state index contributed by atoms with van der Waals surface area (Å²) in [6, 6.07) is 12.5. The second-order valence-corrected chi connectivity index (χ2v) is 6.25. The van der Waals surface area contributed by atoms with Gasteiger partial charge in [-0.2, -0.15) is 0 Å². The monoisotopic (exact) mass is 390 g/mol. The number of rotatable bonds is 10. The Morgan fingerprint density at radius 2 is 1.75 bits per heavy atom. The lowest BCUT2D eigenvalue weighted by atomic mass is 10.2. The number of ether oxygens (including phenoxy) is 1. The Balaban J connectivity index is 0.00000264. The molecule has 0 amide bonds. The van der Waals surface area contributed by atoms with Crippen LogP contribution in [0.15, 0.2) is 41.8 Å². The van der Waals surface area contributed by atoms with E-state index in [0.29, 0.717) is 6.61 Å². The Morgan fingerprint density at radius 3 is 2.33 bits per heavy atom. The number of thiophene rings is 1. The van der Waals surface area contributed by atoms with Gasteiger partial charge in [0.15, 0.2) is 0 Å². The van der Waals surface area contributed by atoms with Gasteiger partial charge in [0, 0.05) is 24.5 Å². The lowest BCUT2D eigenvalue weighted by Gasteiger charge is -2.18. The summed E-state index contributed by atoms with van der Waals surface area (Å²) in [5.74, 6) is 0.931. The van der Waals surface area contributed by atoms with E-state index in [2.05, 4.69) is 65.8 Å². The van der Waals surface area contributed by atoms with Gasteiger partial charge in [-0.25, -0.2) is 0 Å². The van der Waals surface area contributed by atoms with Gasteiger partial charge in [-0.15, -0.1) is 36.2 Å². The zero-order chi connectivity index (χ0) is 15.6. The van der Waals surface area contributed by atoms with Crippen LogP contribution in [0.1, 0.15) is 24.3 Å². The molecule has 1 heterocycles. The van der Waals surface area contributed by atoms with Crippen LogP contribution in [-0.4, -0.2) is 31.1 Å². The molecule has 0 aliphatic carbocycles. The average Bonchev–Trinajstić information content (AvgIpc) is 3.08. The molecule has 0 unspecified atom stereocenters. The number of benzene rings is 1. The fourth-order valence-electron chi connectivity index (χ4n) is 2.26. The van der Waals surface area contributed by atoms with E-state index < -0.39 is 0 Å². The molecule has 1 N–H and O–H groups in total. The molecule has 3 nitrogen and oxygen atoms in total. The minimum absolute atomic E-state index is 0. The lowest BCUT2D eigenvalue weighted by Crippen LogP contribution is -2.31. The summed E-state index contributed by atoms with van der Waals surface area (Å²) >= 11 is 1.73. The number of likely N-dealkylation sites (N-methyl/N-ethyl adjacent to an activating group) is 1. The number of halogens is 2. The maximum atomic E-state index is 5.77. The first-order valence-electron chi connectivity index (χ1n) is 7.99. The quantitative estimate of drug-likeness (QED) is 0.599. The average molecular weight is 391 g/mol. The van der Waals surface area contributed by atoms with Gasteiger partial charge < -0.3 is 15.0 Å². The Bertz CT molecular complexity index is 516. The van der Waals surface area contributed by atoms with Crippen LogP contribution in [-0.2, 0) is 13.2 Å². The van der Waals surface area contributed by atoms with Crippen LogP contribution in [0.5, 0.6) is 5.75 Å². The summed E-state index contributed by atoms with van der Waals surface area (Å²) in [7, 11) is 0. The zero-order valence-corrected chi connectivity index (χ0v) is 16.8. The molecule has 6 heteroatoms. The van der Waals surface area contributed by atoms with E-state index in [-0.39, 0.29) is 24.8 Å². The highest BCUT2D eigenvalue weighted by atomic mass is 35.5. The zero-order valence-electron chi connectivity index (χ0n) is 14.4. The molecular formula is C18H28Cl2N2OS. The normalized spacial score (nSPS) is 10.1. The van der Waals surface area contributed by atoms with Crippen molar-refractivity contribution < 1.29 is 4.74 Å². The standard InChI is InChI=1S/C18H26N2OS.2ClH/c1-3-20(4-2)12-11-19-14-16-7-9-17(10-8-16)21-15-18-6-5-13-22-18;;/h5-10,13,19H,3-4,11-12,14-15H2,1-2H3;2*1H. The van der Waals surface area contributed by atoms with Crippen molar-refractivity contribution in [2.75, 3.05) is 26.2 Å². The van der Waals surface area contributed by atoms with Crippen molar-refractivity contribution in [2.24, 2.45) is 0 Å². The molecule has 0 aliphatic rings. The van der Waals surface area contributed by atoms with E-state index in [4.69, 9.17) is 4.74 Å². The van der Waals surface area contributed by atoms with E-state index >= 15 is 0 Å². The number of hydrogen-bond acceptors (Lipinski definition) is 4. The maximum Gasteiger partial charge on any atom is 0.122 e. The molecule has 0 saturated heterocycles. The van der Waals surface area contributed by atoms with Gasteiger partial charge in [-0.05, 0) is 42.2 Å². The predicted molar refractivity (Wildman–Crippen MR) is 109 cm³/mol. The summed E-state index contributed by atoms with van der Waals surface area (Å²) in [5.41, 5.74) is 1.29. The first-order chi connectivity index (χ1) is 10.8. The molecule has 0 saturated carbocycles. The lowest BCUT2D eigenvalue weighted by molar-refractivity contribution is 0.302. The van der Waals surface area contributed by atoms with Crippen LogP contribution in [0, 0.1) is 0 Å². The Labute approximate surface area is 162 Å².